The van der Waals surface area contributed by atoms with Gasteiger partial charge in [-0.15, -0.1) is 0 Å². The van der Waals surface area contributed by atoms with E-state index in [-0.39, 0.29) is 71.9 Å². The number of rotatable bonds is 16. The highest BCUT2D eigenvalue weighted by molar-refractivity contribution is 5.93. The van der Waals surface area contributed by atoms with Gasteiger partial charge in [0.1, 0.15) is 11.4 Å². The first-order chi connectivity index (χ1) is 24.2. The number of nitrogens with one attached hydrogen (secondary N) is 4. The zero-order valence-corrected chi connectivity index (χ0v) is 26.8. The number of nitro groups is 2. The number of nitro benzene ring substituents is 2. The van der Waals surface area contributed by atoms with Gasteiger partial charge in [-0.05, 0) is 60.2 Å². The van der Waals surface area contributed by atoms with Gasteiger partial charge in [-0.1, -0.05) is 42.5 Å². The second-order valence-electron chi connectivity index (χ2n) is 11.2. The average Bonchev–Trinajstić information content (AvgIpc) is 3.12. The van der Waals surface area contributed by atoms with E-state index in [1.807, 2.05) is 47.4 Å². The minimum atomic E-state index is -0.518. The van der Waals surface area contributed by atoms with Gasteiger partial charge in [-0.2, -0.15) is 0 Å². The van der Waals surface area contributed by atoms with Gasteiger partial charge in [0.25, 0.3) is 11.4 Å². The summed E-state index contributed by atoms with van der Waals surface area (Å²) in [6, 6.07) is 30.6. The number of anilines is 6. The number of para-hydroxylation sites is 2. The molecule has 0 saturated heterocycles. The molecule has 1 aromatic heterocycles. The van der Waals surface area contributed by atoms with Crippen LogP contribution in [0.4, 0.5) is 45.5 Å². The molecule has 14 nitrogen and oxygen atoms in total. The van der Waals surface area contributed by atoms with E-state index >= 15 is 0 Å². The Morgan fingerprint density at radius 1 is 0.620 bits per heavy atom. The topological polar surface area (TPSA) is 185 Å². The van der Waals surface area contributed by atoms with Crippen molar-refractivity contribution in [2.75, 3.05) is 34.4 Å². The van der Waals surface area contributed by atoms with Crippen molar-refractivity contribution in [2.24, 2.45) is 0 Å². The minimum absolute atomic E-state index is 0.0434. The molecule has 0 fully saturated rings. The molecule has 5 aromatic rings. The number of nitrogens with zero attached hydrogens (tertiary/aromatic N) is 4. The van der Waals surface area contributed by atoms with Crippen molar-refractivity contribution in [3.8, 4) is 0 Å². The first kappa shape index (κ1) is 34.7. The molecule has 2 amide bonds. The molecule has 254 valence electrons. The summed E-state index contributed by atoms with van der Waals surface area (Å²) in [4.78, 5) is 54.5. The largest absolute Gasteiger partial charge is 0.350 e. The second kappa shape index (κ2) is 16.9. The van der Waals surface area contributed by atoms with Crippen LogP contribution in [0.5, 0.6) is 0 Å². The van der Waals surface area contributed by atoms with E-state index < -0.39 is 9.85 Å². The number of amides is 2. The van der Waals surface area contributed by atoms with Crippen LogP contribution in [-0.4, -0.2) is 44.6 Å². The predicted octanol–water partition coefficient (Wildman–Crippen LogP) is 7.24. The summed E-state index contributed by atoms with van der Waals surface area (Å²) in [5.41, 5.74) is 2.99. The van der Waals surface area contributed by atoms with E-state index in [9.17, 15) is 29.8 Å². The minimum Gasteiger partial charge on any atom is -0.350 e. The highest BCUT2D eigenvalue weighted by Gasteiger charge is 2.19. The molecule has 4 aromatic carbocycles. The Bertz CT molecular complexity index is 1820. The number of pyridine rings is 1. The molecule has 4 N–H and O–H groups in total. The van der Waals surface area contributed by atoms with E-state index in [2.05, 4.69) is 26.3 Å². The molecule has 0 unspecified atom stereocenters. The fraction of sp³-hybridized carbons (Fsp3) is 0.139. The molecule has 14 heteroatoms. The summed E-state index contributed by atoms with van der Waals surface area (Å²) in [7, 11) is 0. The SMILES string of the molecule is O=C(CCN(CCC(=O)Nc1ccc(Nc2ccccc2)c([N+](=O)[O-])c1)Cc1cccnc1)Nc1ccc(Nc2ccccc2)c([N+](=O)[O-])c1. The first-order valence-corrected chi connectivity index (χ1v) is 15.7. The molecular formula is C36H34N8O6. The van der Waals surface area contributed by atoms with E-state index in [4.69, 9.17) is 0 Å². The standard InChI is InChI=1S/C36H34N8O6/c45-35(40-29-13-15-31(33(22-29)43(47)48)38-27-9-3-1-4-10-27)17-20-42(25-26-8-7-19-37-24-26)21-18-36(46)41-30-14-16-32(34(23-30)44(49)50)39-28-11-5-2-6-12-28/h1-16,19,22-24,38-39H,17-18,20-21,25H2,(H,40,45)(H,41,46). The lowest BCUT2D eigenvalue weighted by Crippen LogP contribution is -2.31. The number of hydrogen-bond donors (Lipinski definition) is 4. The lowest BCUT2D eigenvalue weighted by Gasteiger charge is -2.22. The van der Waals surface area contributed by atoms with Gasteiger partial charge in [-0.25, -0.2) is 0 Å². The summed E-state index contributed by atoms with van der Waals surface area (Å²) < 4.78 is 0. The molecule has 1 heterocycles. The Hall–Kier alpha value is -6.67. The molecule has 0 atom stereocenters. The Kier molecular flexibility index (Phi) is 11.7. The van der Waals surface area contributed by atoms with Crippen LogP contribution in [-0.2, 0) is 16.1 Å². The molecule has 0 aliphatic rings. The van der Waals surface area contributed by atoms with Crippen molar-refractivity contribution in [1.82, 2.24) is 9.88 Å². The van der Waals surface area contributed by atoms with Crippen LogP contribution in [0, 0.1) is 20.2 Å². The third-order valence-corrected chi connectivity index (χ3v) is 7.50. The molecule has 0 bridgehead atoms. The molecule has 50 heavy (non-hydrogen) atoms. The maximum atomic E-state index is 13.0. The maximum Gasteiger partial charge on any atom is 0.294 e. The van der Waals surface area contributed by atoms with Gasteiger partial charge in [0, 0.05) is 79.8 Å². The zero-order valence-electron chi connectivity index (χ0n) is 26.8. The van der Waals surface area contributed by atoms with Crippen molar-refractivity contribution in [3.63, 3.8) is 0 Å². The first-order valence-electron chi connectivity index (χ1n) is 15.7. The van der Waals surface area contributed by atoms with Gasteiger partial charge in [0.15, 0.2) is 0 Å². The fourth-order valence-electron chi connectivity index (χ4n) is 5.07. The van der Waals surface area contributed by atoms with Crippen LogP contribution in [0.1, 0.15) is 18.4 Å². The van der Waals surface area contributed by atoms with Gasteiger partial charge < -0.3 is 21.3 Å². The number of hydrogen-bond acceptors (Lipinski definition) is 10. The lowest BCUT2D eigenvalue weighted by molar-refractivity contribution is -0.384. The third-order valence-electron chi connectivity index (χ3n) is 7.50. The highest BCUT2D eigenvalue weighted by atomic mass is 16.6. The molecule has 0 spiro atoms. The van der Waals surface area contributed by atoms with Crippen molar-refractivity contribution < 1.29 is 19.4 Å². The van der Waals surface area contributed by atoms with Crippen molar-refractivity contribution >= 4 is 57.3 Å². The number of carbonyl (C=O) groups is 2. The zero-order chi connectivity index (χ0) is 35.3. The molecule has 0 radical (unpaired) electrons. The smallest absolute Gasteiger partial charge is 0.294 e. The Labute approximate surface area is 287 Å². The van der Waals surface area contributed by atoms with Crippen molar-refractivity contribution in [3.05, 3.63) is 147 Å². The van der Waals surface area contributed by atoms with E-state index in [0.717, 1.165) is 5.56 Å². The number of carbonyl (C=O) groups excluding carboxylic acids is 2. The summed E-state index contributed by atoms with van der Waals surface area (Å²) in [6.07, 6.45) is 3.43. The van der Waals surface area contributed by atoms with Gasteiger partial charge in [-0.3, -0.25) is 39.7 Å². The van der Waals surface area contributed by atoms with Gasteiger partial charge in [0.05, 0.1) is 9.85 Å². The second-order valence-corrected chi connectivity index (χ2v) is 11.2. The Morgan fingerprint density at radius 3 is 1.52 bits per heavy atom. The Morgan fingerprint density at radius 2 is 1.10 bits per heavy atom. The monoisotopic (exact) mass is 674 g/mol. The Balaban J connectivity index is 1.19. The molecular weight excluding hydrogens is 640 g/mol. The van der Waals surface area contributed by atoms with Gasteiger partial charge in [0.2, 0.25) is 11.8 Å². The summed E-state index contributed by atoms with van der Waals surface area (Å²) >= 11 is 0. The molecule has 0 aliphatic heterocycles. The van der Waals surface area contributed by atoms with Crippen LogP contribution in [0.25, 0.3) is 0 Å². The van der Waals surface area contributed by atoms with Crippen molar-refractivity contribution in [1.29, 1.82) is 0 Å². The maximum absolute atomic E-state index is 13.0. The molecule has 5 rings (SSSR count). The quantitative estimate of drug-likeness (QED) is 0.0614. The summed E-state index contributed by atoms with van der Waals surface area (Å²) in [6.45, 7) is 0.954. The van der Waals surface area contributed by atoms with Crippen molar-refractivity contribution in [2.45, 2.75) is 19.4 Å². The van der Waals surface area contributed by atoms with Crippen LogP contribution in [0.3, 0.4) is 0 Å². The third kappa shape index (κ3) is 10.2. The van der Waals surface area contributed by atoms with E-state index in [1.165, 1.54) is 24.3 Å². The van der Waals surface area contributed by atoms with Gasteiger partial charge >= 0.3 is 0 Å². The normalized spacial score (nSPS) is 10.7. The van der Waals surface area contributed by atoms with Crippen LogP contribution < -0.4 is 21.3 Å². The average molecular weight is 675 g/mol. The molecule has 0 saturated carbocycles. The number of aromatic nitrogens is 1. The predicted molar refractivity (Wildman–Crippen MR) is 192 cm³/mol. The van der Waals surface area contributed by atoms with Crippen LogP contribution in [0.15, 0.2) is 122 Å². The fourth-order valence-corrected chi connectivity index (χ4v) is 5.07. The highest BCUT2D eigenvalue weighted by Crippen LogP contribution is 2.32. The van der Waals surface area contributed by atoms with Crippen LogP contribution in [0.2, 0.25) is 0 Å². The van der Waals surface area contributed by atoms with Crippen LogP contribution >= 0.6 is 0 Å². The van der Waals surface area contributed by atoms with E-state index in [1.54, 1.807) is 54.9 Å². The number of benzene rings is 4. The van der Waals surface area contributed by atoms with E-state index in [0.29, 0.717) is 17.9 Å². The summed E-state index contributed by atoms with van der Waals surface area (Å²) in [5.74, 6) is -0.722. The summed E-state index contributed by atoms with van der Waals surface area (Å²) in [5, 5.41) is 35.1. The lowest BCUT2D eigenvalue weighted by atomic mass is 10.2. The molecule has 0 aliphatic carbocycles.